The van der Waals surface area contributed by atoms with Crippen LogP contribution in [0.3, 0.4) is 0 Å². The number of benzene rings is 1. The molecule has 0 saturated carbocycles. The lowest BCUT2D eigenvalue weighted by Gasteiger charge is -2.06. The Kier molecular flexibility index (Phi) is 3.39. The van der Waals surface area contributed by atoms with Crippen LogP contribution < -0.4 is 0 Å². The molecule has 0 aliphatic carbocycles. The minimum absolute atomic E-state index is 0.397. The van der Waals surface area contributed by atoms with Crippen molar-refractivity contribution in [3.63, 3.8) is 0 Å². The Morgan fingerprint density at radius 1 is 1.19 bits per heavy atom. The fourth-order valence-corrected chi connectivity index (χ4v) is 2.38. The Balaban J connectivity index is 2.09. The lowest BCUT2D eigenvalue weighted by Crippen LogP contribution is -2.10. The maximum Gasteiger partial charge on any atom is 0.355 e. The summed E-state index contributed by atoms with van der Waals surface area (Å²) in [5.41, 5.74) is 3.39. The molecule has 0 unspecified atom stereocenters. The molecule has 0 amide bonds. The van der Waals surface area contributed by atoms with Crippen LogP contribution in [0.15, 0.2) is 42.5 Å². The van der Waals surface area contributed by atoms with Crippen molar-refractivity contribution >= 4 is 11.6 Å². The monoisotopic (exact) mass is 281 g/mol. The van der Waals surface area contributed by atoms with E-state index < -0.39 is 5.97 Å². The van der Waals surface area contributed by atoms with Gasteiger partial charge in [0.05, 0.1) is 7.11 Å². The molecule has 2 aromatic heterocycles. The molecule has 3 aromatic rings. The summed E-state index contributed by atoms with van der Waals surface area (Å²) < 4.78 is 6.57. The van der Waals surface area contributed by atoms with E-state index in [-0.39, 0.29) is 0 Å². The first-order chi connectivity index (χ1) is 10.2. The molecule has 0 fully saturated rings. The van der Waals surface area contributed by atoms with Crippen LogP contribution in [0.5, 0.6) is 0 Å². The molecule has 5 heteroatoms. The number of esters is 1. The number of pyridine rings is 1. The average molecular weight is 281 g/mol. The Bertz CT molecular complexity index is 808. The van der Waals surface area contributed by atoms with Gasteiger partial charge in [0.15, 0.2) is 5.65 Å². The second-order valence-corrected chi connectivity index (χ2v) is 4.88. The number of ether oxygens (including phenoxy) is 1. The first kappa shape index (κ1) is 13.3. The number of hydrogen-bond acceptors (Lipinski definition) is 4. The van der Waals surface area contributed by atoms with Crippen LogP contribution in [0.4, 0.5) is 0 Å². The van der Waals surface area contributed by atoms with Gasteiger partial charge in [-0.1, -0.05) is 35.9 Å². The molecule has 3 rings (SSSR count). The first-order valence-electron chi connectivity index (χ1n) is 6.66. The summed E-state index contributed by atoms with van der Waals surface area (Å²) in [5, 5.41) is 8.32. The summed E-state index contributed by atoms with van der Waals surface area (Å²) in [7, 11) is 1.37. The minimum Gasteiger partial charge on any atom is -0.464 e. The van der Waals surface area contributed by atoms with Crippen molar-refractivity contribution in [2.75, 3.05) is 7.11 Å². The largest absolute Gasteiger partial charge is 0.464 e. The third-order valence-electron chi connectivity index (χ3n) is 3.33. The minimum atomic E-state index is -0.397. The van der Waals surface area contributed by atoms with Gasteiger partial charge in [-0.05, 0) is 24.6 Å². The van der Waals surface area contributed by atoms with Gasteiger partial charge in [-0.15, -0.1) is 10.2 Å². The van der Waals surface area contributed by atoms with E-state index in [0.717, 1.165) is 11.4 Å². The molecule has 0 bridgehead atoms. The second kappa shape index (κ2) is 5.36. The molecule has 0 N–H and O–H groups in total. The van der Waals surface area contributed by atoms with Crippen molar-refractivity contribution in [3.05, 3.63) is 65.1 Å². The van der Waals surface area contributed by atoms with Crippen LogP contribution in [0.1, 0.15) is 27.4 Å². The van der Waals surface area contributed by atoms with E-state index in [1.807, 2.05) is 31.2 Å². The van der Waals surface area contributed by atoms with E-state index in [9.17, 15) is 4.79 Å². The molecule has 0 saturated heterocycles. The molecule has 0 radical (unpaired) electrons. The van der Waals surface area contributed by atoms with E-state index in [1.54, 1.807) is 16.5 Å². The quantitative estimate of drug-likeness (QED) is 0.692. The number of carbonyl (C=O) groups is 1. The third-order valence-corrected chi connectivity index (χ3v) is 3.33. The molecular weight excluding hydrogens is 266 g/mol. The molecule has 0 atom stereocenters. The highest BCUT2D eigenvalue weighted by Gasteiger charge is 2.15. The smallest absolute Gasteiger partial charge is 0.355 e. The van der Waals surface area contributed by atoms with Crippen molar-refractivity contribution in [2.24, 2.45) is 0 Å². The number of aryl methyl sites for hydroxylation is 1. The number of methoxy groups -OCH3 is 1. The first-order valence-corrected chi connectivity index (χ1v) is 6.66. The van der Waals surface area contributed by atoms with Gasteiger partial charge in [0.2, 0.25) is 0 Å². The number of carbonyl (C=O) groups excluding carboxylic acids is 1. The number of hydrogen-bond donors (Lipinski definition) is 0. The fraction of sp³-hybridized carbons (Fsp3) is 0.188. The van der Waals surface area contributed by atoms with Crippen molar-refractivity contribution < 1.29 is 9.53 Å². The van der Waals surface area contributed by atoms with Crippen LogP contribution in [0.25, 0.3) is 5.65 Å². The van der Waals surface area contributed by atoms with E-state index in [2.05, 4.69) is 16.3 Å². The van der Waals surface area contributed by atoms with Gasteiger partial charge < -0.3 is 4.74 Å². The van der Waals surface area contributed by atoms with Crippen LogP contribution in [0, 0.1) is 6.92 Å². The predicted octanol–water partition coefficient (Wildman–Crippen LogP) is 2.42. The van der Waals surface area contributed by atoms with E-state index in [0.29, 0.717) is 17.8 Å². The van der Waals surface area contributed by atoms with E-state index >= 15 is 0 Å². The molecule has 0 spiro atoms. The number of aromatic nitrogens is 3. The lowest BCUT2D eigenvalue weighted by atomic mass is 10.1. The Labute approximate surface area is 122 Å². The summed E-state index contributed by atoms with van der Waals surface area (Å²) in [4.78, 5) is 11.9. The topological polar surface area (TPSA) is 56.5 Å². The zero-order valence-corrected chi connectivity index (χ0v) is 11.9. The number of rotatable bonds is 3. The van der Waals surface area contributed by atoms with Crippen molar-refractivity contribution in [1.82, 2.24) is 14.6 Å². The molecule has 1 aromatic carbocycles. The van der Waals surface area contributed by atoms with E-state index in [4.69, 9.17) is 4.74 Å². The maximum absolute atomic E-state index is 11.9. The highest BCUT2D eigenvalue weighted by molar-refractivity contribution is 5.88. The highest BCUT2D eigenvalue weighted by Crippen LogP contribution is 2.14. The molecule has 5 nitrogen and oxygen atoms in total. The summed E-state index contributed by atoms with van der Waals surface area (Å²) in [6, 6.07) is 13.5. The predicted molar refractivity (Wildman–Crippen MR) is 78.3 cm³/mol. The van der Waals surface area contributed by atoms with Gasteiger partial charge in [0.25, 0.3) is 0 Å². The molecule has 21 heavy (non-hydrogen) atoms. The molecular formula is C16H15N3O2. The zero-order valence-electron chi connectivity index (χ0n) is 11.9. The molecule has 0 aliphatic rings. The number of nitrogens with zero attached hydrogens (tertiary/aromatic N) is 3. The Hall–Kier alpha value is -2.69. The molecule has 106 valence electrons. The van der Waals surface area contributed by atoms with Crippen molar-refractivity contribution in [1.29, 1.82) is 0 Å². The average Bonchev–Trinajstić information content (AvgIpc) is 2.90. The maximum atomic E-state index is 11.9. The normalized spacial score (nSPS) is 10.8. The molecule has 0 aliphatic heterocycles. The van der Waals surface area contributed by atoms with Crippen LogP contribution in [-0.2, 0) is 11.2 Å². The summed E-state index contributed by atoms with van der Waals surface area (Å²) in [5.74, 6) is 0.322. The van der Waals surface area contributed by atoms with Gasteiger partial charge in [-0.25, -0.2) is 4.79 Å². The highest BCUT2D eigenvalue weighted by atomic mass is 16.5. The summed E-state index contributed by atoms with van der Waals surface area (Å²) in [6.07, 6.45) is 0.608. The fourth-order valence-electron chi connectivity index (χ4n) is 2.38. The van der Waals surface area contributed by atoms with Crippen LogP contribution in [-0.4, -0.2) is 27.7 Å². The summed E-state index contributed by atoms with van der Waals surface area (Å²) >= 11 is 0. The number of fused-ring (bicyclic) bond motifs is 1. The Morgan fingerprint density at radius 2 is 2.00 bits per heavy atom. The van der Waals surface area contributed by atoms with Crippen LogP contribution in [0.2, 0.25) is 0 Å². The van der Waals surface area contributed by atoms with Gasteiger partial charge in [-0.3, -0.25) is 4.40 Å². The van der Waals surface area contributed by atoms with Gasteiger partial charge in [0, 0.05) is 6.42 Å². The Morgan fingerprint density at radius 3 is 2.76 bits per heavy atom. The lowest BCUT2D eigenvalue weighted by molar-refractivity contribution is 0.0592. The third kappa shape index (κ3) is 2.50. The summed E-state index contributed by atoms with van der Waals surface area (Å²) in [6.45, 7) is 2.05. The van der Waals surface area contributed by atoms with Gasteiger partial charge in [-0.2, -0.15) is 0 Å². The van der Waals surface area contributed by atoms with Crippen molar-refractivity contribution in [2.45, 2.75) is 13.3 Å². The van der Waals surface area contributed by atoms with Gasteiger partial charge >= 0.3 is 5.97 Å². The van der Waals surface area contributed by atoms with Crippen molar-refractivity contribution in [3.8, 4) is 0 Å². The molecule has 2 heterocycles. The zero-order chi connectivity index (χ0) is 14.8. The van der Waals surface area contributed by atoms with Crippen LogP contribution >= 0.6 is 0 Å². The van der Waals surface area contributed by atoms with E-state index in [1.165, 1.54) is 12.7 Å². The van der Waals surface area contributed by atoms with Gasteiger partial charge in [0.1, 0.15) is 11.5 Å². The SMILES string of the molecule is COC(=O)c1cccc2nnc(Cc3cccc(C)c3)n12. The standard InChI is InChI=1S/C16H15N3O2/c1-11-5-3-6-12(9-11)10-15-18-17-14-8-4-7-13(19(14)15)16(20)21-2/h3-9H,10H2,1-2H3. The second-order valence-electron chi connectivity index (χ2n) is 4.88.